The van der Waals surface area contributed by atoms with Crippen molar-refractivity contribution < 1.29 is 12.8 Å². The average Bonchev–Trinajstić information content (AvgIpc) is 2.03. The lowest BCUT2D eigenvalue weighted by atomic mass is 10.6. The van der Waals surface area contributed by atoms with Gasteiger partial charge in [0.05, 0.1) is 11.9 Å². The first kappa shape index (κ1) is 10.0. The minimum absolute atomic E-state index is 0.156. The molecule has 0 atom stereocenters. The zero-order valence-electron chi connectivity index (χ0n) is 7.28. The van der Waals surface area contributed by atoms with Crippen LogP contribution in [-0.4, -0.2) is 24.1 Å². The SMILES string of the molecule is CCS(=O)(=O)c1cnc(C)nc1F. The van der Waals surface area contributed by atoms with Crippen LogP contribution >= 0.6 is 0 Å². The summed E-state index contributed by atoms with van der Waals surface area (Å²) in [6.45, 7) is 2.93. The molecule has 0 aliphatic rings. The van der Waals surface area contributed by atoms with Crippen LogP contribution in [0.15, 0.2) is 11.1 Å². The monoisotopic (exact) mass is 204 g/mol. The molecule has 1 heterocycles. The van der Waals surface area contributed by atoms with E-state index in [1.54, 1.807) is 0 Å². The molecule has 0 amide bonds. The smallest absolute Gasteiger partial charge is 0.235 e. The molecule has 0 N–H and O–H groups in total. The number of hydrogen-bond acceptors (Lipinski definition) is 4. The minimum Gasteiger partial charge on any atom is -0.240 e. The Kier molecular flexibility index (Phi) is 2.60. The maximum absolute atomic E-state index is 13.0. The summed E-state index contributed by atoms with van der Waals surface area (Å²) in [4.78, 5) is 6.52. The van der Waals surface area contributed by atoms with E-state index >= 15 is 0 Å². The molecule has 0 saturated carbocycles. The van der Waals surface area contributed by atoms with Crippen molar-refractivity contribution in [1.29, 1.82) is 0 Å². The Bertz CT molecular complexity index is 417. The van der Waals surface area contributed by atoms with Crippen molar-refractivity contribution in [2.75, 3.05) is 5.75 Å². The van der Waals surface area contributed by atoms with Crippen LogP contribution in [0.3, 0.4) is 0 Å². The second kappa shape index (κ2) is 3.37. The fraction of sp³-hybridized carbons (Fsp3) is 0.429. The average molecular weight is 204 g/mol. The van der Waals surface area contributed by atoms with E-state index in [9.17, 15) is 12.8 Å². The predicted octanol–water partition coefficient (Wildman–Crippen LogP) is 0.718. The maximum Gasteiger partial charge on any atom is 0.235 e. The third-order valence-corrected chi connectivity index (χ3v) is 3.25. The van der Waals surface area contributed by atoms with Crippen molar-refractivity contribution in [3.05, 3.63) is 18.0 Å². The third-order valence-electron chi connectivity index (χ3n) is 1.55. The summed E-state index contributed by atoms with van der Waals surface area (Å²) >= 11 is 0. The topological polar surface area (TPSA) is 59.9 Å². The van der Waals surface area contributed by atoms with Crippen LogP contribution < -0.4 is 0 Å². The molecule has 0 bridgehead atoms. The molecule has 13 heavy (non-hydrogen) atoms. The summed E-state index contributed by atoms with van der Waals surface area (Å²) < 4.78 is 35.4. The van der Waals surface area contributed by atoms with Gasteiger partial charge in [-0.05, 0) is 6.92 Å². The molecule has 72 valence electrons. The number of nitrogens with zero attached hydrogens (tertiary/aromatic N) is 2. The summed E-state index contributed by atoms with van der Waals surface area (Å²) in [5.74, 6) is -0.919. The zero-order valence-corrected chi connectivity index (χ0v) is 8.10. The first-order valence-electron chi connectivity index (χ1n) is 3.69. The standard InChI is InChI=1S/C7H9FN2O2S/c1-3-13(11,12)6-4-9-5(2)10-7(6)8/h4H,3H2,1-2H3. The molecule has 0 unspecified atom stereocenters. The molecule has 0 spiro atoms. The van der Waals surface area contributed by atoms with E-state index in [1.165, 1.54) is 13.8 Å². The van der Waals surface area contributed by atoms with Crippen molar-refractivity contribution in [1.82, 2.24) is 9.97 Å². The third kappa shape index (κ3) is 2.00. The van der Waals surface area contributed by atoms with Crippen molar-refractivity contribution in [3.8, 4) is 0 Å². The van der Waals surface area contributed by atoms with Gasteiger partial charge in [-0.25, -0.2) is 18.4 Å². The van der Waals surface area contributed by atoms with Crippen LogP contribution in [0.1, 0.15) is 12.7 Å². The molecular weight excluding hydrogens is 195 g/mol. The lowest BCUT2D eigenvalue weighted by molar-refractivity contribution is 0.529. The summed E-state index contributed by atoms with van der Waals surface area (Å²) in [5, 5.41) is 0. The van der Waals surface area contributed by atoms with E-state index < -0.39 is 20.7 Å². The number of rotatable bonds is 2. The quantitative estimate of drug-likeness (QED) is 0.666. The molecular formula is C7H9FN2O2S. The van der Waals surface area contributed by atoms with Crippen LogP contribution in [0.25, 0.3) is 0 Å². The molecule has 0 aromatic carbocycles. The number of aryl methyl sites for hydroxylation is 1. The van der Waals surface area contributed by atoms with E-state index in [2.05, 4.69) is 9.97 Å². The molecule has 1 aromatic rings. The van der Waals surface area contributed by atoms with E-state index in [4.69, 9.17) is 0 Å². The number of hydrogen-bond donors (Lipinski definition) is 0. The van der Waals surface area contributed by atoms with Crippen LogP contribution in [0.5, 0.6) is 0 Å². The van der Waals surface area contributed by atoms with Gasteiger partial charge in [-0.3, -0.25) is 0 Å². The van der Waals surface area contributed by atoms with E-state index in [0.717, 1.165) is 6.20 Å². The highest BCUT2D eigenvalue weighted by molar-refractivity contribution is 7.91. The lowest BCUT2D eigenvalue weighted by Gasteiger charge is -2.01. The Hall–Kier alpha value is -1.04. The highest BCUT2D eigenvalue weighted by Gasteiger charge is 2.18. The summed E-state index contributed by atoms with van der Waals surface area (Å²) in [6.07, 6.45) is 0.997. The molecule has 6 heteroatoms. The number of sulfone groups is 1. The number of halogens is 1. The first-order chi connectivity index (χ1) is 5.97. The maximum atomic E-state index is 13.0. The number of aromatic nitrogens is 2. The Morgan fingerprint density at radius 2 is 2.15 bits per heavy atom. The highest BCUT2D eigenvalue weighted by Crippen LogP contribution is 2.12. The van der Waals surface area contributed by atoms with Gasteiger partial charge in [0.2, 0.25) is 5.95 Å². The van der Waals surface area contributed by atoms with Gasteiger partial charge in [-0.1, -0.05) is 6.92 Å². The molecule has 0 saturated heterocycles. The van der Waals surface area contributed by atoms with Crippen molar-refractivity contribution in [2.45, 2.75) is 18.7 Å². The fourth-order valence-corrected chi connectivity index (χ4v) is 1.62. The predicted molar refractivity (Wildman–Crippen MR) is 44.5 cm³/mol. The van der Waals surface area contributed by atoms with Crippen LogP contribution in [-0.2, 0) is 9.84 Å². The second-order valence-electron chi connectivity index (χ2n) is 2.48. The Morgan fingerprint density at radius 1 is 1.54 bits per heavy atom. The molecule has 0 fully saturated rings. The van der Waals surface area contributed by atoms with Gasteiger partial charge < -0.3 is 0 Å². The van der Waals surface area contributed by atoms with Gasteiger partial charge >= 0.3 is 0 Å². The zero-order chi connectivity index (χ0) is 10.1. The van der Waals surface area contributed by atoms with Crippen LogP contribution in [0.2, 0.25) is 0 Å². The van der Waals surface area contributed by atoms with Crippen molar-refractivity contribution >= 4 is 9.84 Å². The van der Waals surface area contributed by atoms with Gasteiger partial charge in [0, 0.05) is 0 Å². The Labute approximate surface area is 75.8 Å². The van der Waals surface area contributed by atoms with E-state index in [1.807, 2.05) is 0 Å². The van der Waals surface area contributed by atoms with E-state index in [0.29, 0.717) is 0 Å². The second-order valence-corrected chi connectivity index (χ2v) is 4.72. The van der Waals surface area contributed by atoms with Crippen molar-refractivity contribution in [3.63, 3.8) is 0 Å². The molecule has 1 aromatic heterocycles. The summed E-state index contributed by atoms with van der Waals surface area (Å²) in [5.41, 5.74) is 0. The molecule has 1 rings (SSSR count). The highest BCUT2D eigenvalue weighted by atomic mass is 32.2. The molecule has 0 aliphatic heterocycles. The van der Waals surface area contributed by atoms with Crippen molar-refractivity contribution in [2.24, 2.45) is 0 Å². The lowest BCUT2D eigenvalue weighted by Crippen LogP contribution is -2.09. The summed E-state index contributed by atoms with van der Waals surface area (Å²) in [7, 11) is -3.55. The largest absolute Gasteiger partial charge is 0.240 e. The fourth-order valence-electron chi connectivity index (χ4n) is 0.795. The molecule has 4 nitrogen and oxygen atoms in total. The van der Waals surface area contributed by atoms with Gasteiger partial charge in [0.1, 0.15) is 10.7 Å². The first-order valence-corrected chi connectivity index (χ1v) is 5.34. The molecule has 0 aliphatic carbocycles. The van der Waals surface area contributed by atoms with Gasteiger partial charge in [0.25, 0.3) is 0 Å². The van der Waals surface area contributed by atoms with Gasteiger partial charge in [-0.15, -0.1) is 0 Å². The molecule has 0 radical (unpaired) electrons. The normalized spacial score (nSPS) is 11.6. The minimum atomic E-state index is -3.55. The van der Waals surface area contributed by atoms with Gasteiger partial charge in [-0.2, -0.15) is 4.39 Å². The summed E-state index contributed by atoms with van der Waals surface area (Å²) in [6, 6.07) is 0. The van der Waals surface area contributed by atoms with Crippen LogP contribution in [0.4, 0.5) is 4.39 Å². The van der Waals surface area contributed by atoms with Crippen LogP contribution in [0, 0.1) is 12.9 Å². The van der Waals surface area contributed by atoms with Gasteiger partial charge in [0.15, 0.2) is 9.84 Å². The Morgan fingerprint density at radius 3 is 2.62 bits per heavy atom. The Balaban J connectivity index is 3.33. The van der Waals surface area contributed by atoms with E-state index in [-0.39, 0.29) is 11.6 Å².